The van der Waals surface area contributed by atoms with E-state index < -0.39 is 37.2 Å². The van der Waals surface area contributed by atoms with Gasteiger partial charge in [-0.25, -0.2) is 18.5 Å². The molecule has 2 aromatic rings. The van der Waals surface area contributed by atoms with Crippen LogP contribution in [-0.4, -0.2) is 80.6 Å². The van der Waals surface area contributed by atoms with E-state index in [-0.39, 0.29) is 36.5 Å². The molecule has 3 heterocycles. The van der Waals surface area contributed by atoms with Crippen molar-refractivity contribution in [2.75, 3.05) is 42.8 Å². The molecule has 0 bridgehead atoms. The average Bonchev–Trinajstić information content (AvgIpc) is 3.36. The average molecular weight is 492 g/mol. The molecule has 2 fully saturated rings. The zero-order chi connectivity index (χ0) is 24.8. The van der Waals surface area contributed by atoms with Crippen LogP contribution in [0.3, 0.4) is 0 Å². The molecule has 0 unspecified atom stereocenters. The lowest BCUT2D eigenvalue weighted by atomic mass is 10.3. The van der Waals surface area contributed by atoms with Crippen molar-refractivity contribution in [2.45, 2.75) is 57.0 Å². The third-order valence-electron chi connectivity index (χ3n) is 5.57. The van der Waals surface area contributed by atoms with Crippen molar-refractivity contribution in [1.82, 2.24) is 35.2 Å². The van der Waals surface area contributed by atoms with Gasteiger partial charge in [0.15, 0.2) is 23.6 Å². The van der Waals surface area contributed by atoms with E-state index in [1.807, 2.05) is 0 Å². The molecule has 4 rings (SSSR count). The topological polar surface area (TPSA) is 114 Å². The van der Waals surface area contributed by atoms with Gasteiger partial charge in [-0.3, -0.25) is 5.01 Å². The first-order chi connectivity index (χ1) is 15.9. The molecule has 1 aliphatic carbocycles. The van der Waals surface area contributed by atoms with Gasteiger partial charge in [-0.15, -0.1) is 5.10 Å². The third-order valence-corrected chi connectivity index (χ3v) is 5.57. The van der Waals surface area contributed by atoms with Crippen LogP contribution in [0.1, 0.15) is 38.1 Å². The predicted molar refractivity (Wildman–Crippen MR) is 110 cm³/mol. The largest absolute Gasteiger partial charge is 0.451 e. The Balaban J connectivity index is 1.74. The number of hydrazine groups is 1. The molecular weight excluding hydrogens is 467 g/mol. The van der Waals surface area contributed by atoms with Crippen LogP contribution < -0.4 is 20.4 Å². The standard InChI is InChI=1S/C18H25F5N10O/c1-10(18(21,22)23)34-16-25-14(31-7-6-17(19,20)9-31)13(24)15(26-16)32(30(2)3)8-12-27-28-29-33(12)11-4-5-11/h10-11H,4-9,24H2,1-3H3/t10-/m0/s1. The summed E-state index contributed by atoms with van der Waals surface area (Å²) in [4.78, 5) is 9.31. The van der Waals surface area contributed by atoms with Crippen molar-refractivity contribution < 1.29 is 26.7 Å². The Morgan fingerprint density at radius 3 is 2.50 bits per heavy atom. The molecule has 2 aliphatic rings. The van der Waals surface area contributed by atoms with E-state index in [2.05, 4.69) is 25.5 Å². The monoisotopic (exact) mass is 492 g/mol. The molecule has 188 valence electrons. The SMILES string of the molecule is C[C@H](Oc1nc(N2CCC(F)(F)C2)c(N)c(N(Cc2nnnn2C2CC2)N(C)C)n1)C(F)(F)F. The molecule has 0 spiro atoms. The number of nitrogen functional groups attached to an aromatic ring is 1. The van der Waals surface area contributed by atoms with Crippen molar-refractivity contribution >= 4 is 17.3 Å². The number of halogens is 5. The summed E-state index contributed by atoms with van der Waals surface area (Å²) >= 11 is 0. The van der Waals surface area contributed by atoms with E-state index in [1.54, 1.807) is 23.8 Å². The molecule has 0 aromatic carbocycles. The van der Waals surface area contributed by atoms with Crippen LogP contribution in [0, 0.1) is 0 Å². The molecule has 1 saturated carbocycles. The fraction of sp³-hybridized carbons (Fsp3) is 0.722. The summed E-state index contributed by atoms with van der Waals surface area (Å²) in [6.45, 7) is 0.117. The molecule has 0 amide bonds. The highest BCUT2D eigenvalue weighted by Crippen LogP contribution is 2.39. The van der Waals surface area contributed by atoms with E-state index in [0.717, 1.165) is 19.8 Å². The highest BCUT2D eigenvalue weighted by atomic mass is 19.4. The zero-order valence-electron chi connectivity index (χ0n) is 18.8. The van der Waals surface area contributed by atoms with Crippen molar-refractivity contribution in [3.8, 4) is 6.01 Å². The highest BCUT2D eigenvalue weighted by Gasteiger charge is 2.42. The zero-order valence-corrected chi connectivity index (χ0v) is 18.8. The summed E-state index contributed by atoms with van der Waals surface area (Å²) in [6, 6.07) is -0.460. The third kappa shape index (κ3) is 5.05. The number of rotatable bonds is 8. The Morgan fingerprint density at radius 2 is 1.94 bits per heavy atom. The van der Waals surface area contributed by atoms with E-state index in [9.17, 15) is 22.0 Å². The summed E-state index contributed by atoms with van der Waals surface area (Å²) in [5.41, 5.74) is 6.22. The molecule has 34 heavy (non-hydrogen) atoms. The minimum atomic E-state index is -4.68. The van der Waals surface area contributed by atoms with Gasteiger partial charge in [0.05, 0.1) is 19.1 Å². The van der Waals surface area contributed by atoms with Crippen LogP contribution in [0.5, 0.6) is 6.01 Å². The van der Waals surface area contributed by atoms with Crippen molar-refractivity contribution in [3.63, 3.8) is 0 Å². The maximum atomic E-state index is 13.9. The number of tetrazole rings is 1. The second-order valence-electron chi connectivity index (χ2n) is 8.57. The van der Waals surface area contributed by atoms with Crippen molar-refractivity contribution in [2.24, 2.45) is 0 Å². The van der Waals surface area contributed by atoms with Gasteiger partial charge in [0, 0.05) is 27.1 Å². The van der Waals surface area contributed by atoms with Gasteiger partial charge >= 0.3 is 12.2 Å². The van der Waals surface area contributed by atoms with E-state index in [4.69, 9.17) is 10.5 Å². The normalized spacial score (nSPS) is 19.0. The molecule has 1 atom stereocenters. The number of ether oxygens (including phenoxy) is 1. The first-order valence-corrected chi connectivity index (χ1v) is 10.6. The Kier molecular flexibility index (Phi) is 6.12. The number of nitrogens with two attached hydrogens (primary N) is 1. The Bertz CT molecular complexity index is 1030. The van der Waals surface area contributed by atoms with E-state index in [0.29, 0.717) is 5.82 Å². The molecule has 11 nitrogen and oxygen atoms in total. The van der Waals surface area contributed by atoms with Gasteiger partial charge in [0.1, 0.15) is 5.69 Å². The minimum absolute atomic E-state index is 0.0139. The number of alkyl halides is 5. The van der Waals surface area contributed by atoms with Crippen LogP contribution in [0.2, 0.25) is 0 Å². The van der Waals surface area contributed by atoms with Gasteiger partial charge in [-0.05, 0) is 30.2 Å². The first kappa shape index (κ1) is 24.1. The van der Waals surface area contributed by atoms with E-state index in [1.165, 1.54) is 9.91 Å². The Labute approximate surface area is 191 Å². The van der Waals surface area contributed by atoms with Gasteiger partial charge in [0.2, 0.25) is 0 Å². The van der Waals surface area contributed by atoms with Crippen LogP contribution >= 0.6 is 0 Å². The lowest BCUT2D eigenvalue weighted by Crippen LogP contribution is -2.39. The lowest BCUT2D eigenvalue weighted by Gasteiger charge is -2.32. The van der Waals surface area contributed by atoms with Crippen LogP contribution in [0.4, 0.5) is 39.3 Å². The van der Waals surface area contributed by atoms with E-state index >= 15 is 0 Å². The second kappa shape index (κ2) is 8.63. The molecule has 1 saturated heterocycles. The number of aromatic nitrogens is 6. The fourth-order valence-electron chi connectivity index (χ4n) is 3.52. The maximum absolute atomic E-state index is 13.9. The van der Waals surface area contributed by atoms with Gasteiger partial charge < -0.3 is 15.4 Å². The molecule has 16 heteroatoms. The van der Waals surface area contributed by atoms with Crippen LogP contribution in [0.25, 0.3) is 0 Å². The number of hydrogen-bond acceptors (Lipinski definition) is 10. The van der Waals surface area contributed by atoms with Gasteiger partial charge in [-0.1, -0.05) is 0 Å². The lowest BCUT2D eigenvalue weighted by molar-refractivity contribution is -0.190. The van der Waals surface area contributed by atoms with Crippen LogP contribution in [0.15, 0.2) is 0 Å². The number of nitrogens with zero attached hydrogens (tertiary/aromatic N) is 9. The summed E-state index contributed by atoms with van der Waals surface area (Å²) in [5.74, 6) is -2.64. The van der Waals surface area contributed by atoms with Gasteiger partial charge in [-0.2, -0.15) is 23.1 Å². The van der Waals surface area contributed by atoms with Crippen molar-refractivity contribution in [1.29, 1.82) is 0 Å². The summed E-state index contributed by atoms with van der Waals surface area (Å²) < 4.78 is 73.8. The van der Waals surface area contributed by atoms with Crippen molar-refractivity contribution in [3.05, 3.63) is 5.82 Å². The maximum Gasteiger partial charge on any atom is 0.425 e. The Morgan fingerprint density at radius 1 is 1.24 bits per heavy atom. The molecule has 0 radical (unpaired) electrons. The molecular formula is C18H25F5N10O. The van der Waals surface area contributed by atoms with Crippen LogP contribution in [-0.2, 0) is 6.54 Å². The Hall–Kier alpha value is -3.04. The summed E-state index contributed by atoms with van der Waals surface area (Å²) in [7, 11) is 3.32. The molecule has 2 N–H and O–H groups in total. The predicted octanol–water partition coefficient (Wildman–Crippen LogP) is 2.04. The molecule has 2 aromatic heterocycles. The minimum Gasteiger partial charge on any atom is -0.451 e. The number of hydrogen-bond donors (Lipinski definition) is 1. The summed E-state index contributed by atoms with van der Waals surface area (Å²) in [6.07, 6.45) is -5.49. The second-order valence-corrected chi connectivity index (χ2v) is 8.57. The highest BCUT2D eigenvalue weighted by molar-refractivity contribution is 5.76. The first-order valence-electron chi connectivity index (χ1n) is 10.6. The quantitative estimate of drug-likeness (QED) is 0.434. The fourth-order valence-corrected chi connectivity index (χ4v) is 3.52. The smallest absolute Gasteiger partial charge is 0.425 e. The summed E-state index contributed by atoms with van der Waals surface area (Å²) in [5, 5.41) is 14.8. The van der Waals surface area contributed by atoms with Gasteiger partial charge in [0.25, 0.3) is 5.92 Å². The number of anilines is 3. The molecule has 1 aliphatic heterocycles.